The first-order valence-corrected chi connectivity index (χ1v) is 8.53. The molecule has 2 aromatic carbocycles. The van der Waals surface area contributed by atoms with Crippen molar-refractivity contribution in [2.75, 3.05) is 30.5 Å². The number of nitrogens with one attached hydrogen (secondary N) is 1. The highest BCUT2D eigenvalue weighted by Gasteiger charge is 2.36. The number of benzene rings is 2. The first-order valence-electron chi connectivity index (χ1n) is 8.53. The summed E-state index contributed by atoms with van der Waals surface area (Å²) >= 11 is 0. The summed E-state index contributed by atoms with van der Waals surface area (Å²) in [6, 6.07) is 16.0. The number of nitrogens with zero attached hydrogens (tertiary/aromatic N) is 1. The zero-order chi connectivity index (χ0) is 19.2. The molecule has 0 radical (unpaired) electrons. The van der Waals surface area contributed by atoms with Gasteiger partial charge in [0.2, 0.25) is 5.91 Å². The smallest absolute Gasteiger partial charge is 0.311 e. The topological polar surface area (TPSA) is 84.9 Å². The van der Waals surface area contributed by atoms with Crippen LogP contribution in [0.5, 0.6) is 5.75 Å². The van der Waals surface area contributed by atoms with Crippen molar-refractivity contribution in [1.29, 1.82) is 0 Å². The first-order chi connectivity index (χ1) is 13.1. The lowest BCUT2D eigenvalue weighted by molar-refractivity contribution is -0.151. The first kappa shape index (κ1) is 18.4. The molecule has 0 spiro atoms. The molecule has 2 aromatic rings. The minimum atomic E-state index is -0.581. The molecule has 1 saturated heterocycles. The quantitative estimate of drug-likeness (QED) is 0.791. The monoisotopic (exact) mass is 368 g/mol. The van der Waals surface area contributed by atoms with Crippen molar-refractivity contribution in [3.8, 4) is 5.75 Å². The third kappa shape index (κ3) is 4.63. The van der Waals surface area contributed by atoms with Gasteiger partial charge in [-0.15, -0.1) is 0 Å². The average Bonchev–Trinajstić information content (AvgIpc) is 3.08. The Morgan fingerprint density at radius 1 is 1.15 bits per heavy atom. The van der Waals surface area contributed by atoms with Crippen LogP contribution in [0.15, 0.2) is 54.6 Å². The number of esters is 1. The summed E-state index contributed by atoms with van der Waals surface area (Å²) < 4.78 is 10.2. The molecular formula is C20H20N2O5. The Morgan fingerprint density at radius 3 is 2.67 bits per heavy atom. The second-order valence-corrected chi connectivity index (χ2v) is 6.13. The summed E-state index contributed by atoms with van der Waals surface area (Å²) in [5.41, 5.74) is 1.29. The minimum Gasteiger partial charge on any atom is -0.497 e. The Morgan fingerprint density at radius 2 is 1.93 bits per heavy atom. The number of hydrogen-bond acceptors (Lipinski definition) is 5. The highest BCUT2D eigenvalue weighted by atomic mass is 16.5. The number of methoxy groups -OCH3 is 1. The number of rotatable bonds is 6. The number of carbonyl (C=O) groups is 3. The number of para-hydroxylation sites is 1. The summed E-state index contributed by atoms with van der Waals surface area (Å²) in [7, 11) is 1.53. The maximum absolute atomic E-state index is 12.2. The maximum atomic E-state index is 12.2. The van der Waals surface area contributed by atoms with E-state index in [2.05, 4.69) is 5.32 Å². The van der Waals surface area contributed by atoms with Gasteiger partial charge in [0.05, 0.1) is 13.0 Å². The molecular weight excluding hydrogens is 348 g/mol. The van der Waals surface area contributed by atoms with Crippen LogP contribution < -0.4 is 15.0 Å². The normalized spacial score (nSPS) is 16.1. The Kier molecular flexibility index (Phi) is 5.71. The lowest BCUT2D eigenvalue weighted by atomic mass is 10.1. The fraction of sp³-hybridized carbons (Fsp3) is 0.250. The highest BCUT2D eigenvalue weighted by molar-refractivity contribution is 6.00. The molecule has 1 N–H and O–H groups in total. The number of carbonyl (C=O) groups excluding carboxylic acids is 3. The van der Waals surface area contributed by atoms with Crippen LogP contribution in [0.3, 0.4) is 0 Å². The molecule has 0 aliphatic carbocycles. The van der Waals surface area contributed by atoms with Gasteiger partial charge in [0.1, 0.15) is 5.75 Å². The van der Waals surface area contributed by atoms with E-state index in [-0.39, 0.29) is 18.9 Å². The maximum Gasteiger partial charge on any atom is 0.311 e. The molecule has 7 heteroatoms. The average molecular weight is 368 g/mol. The van der Waals surface area contributed by atoms with Crippen LogP contribution >= 0.6 is 0 Å². The van der Waals surface area contributed by atoms with Crippen LogP contribution in [-0.4, -0.2) is 38.0 Å². The lowest BCUT2D eigenvalue weighted by Gasteiger charge is -2.16. The van der Waals surface area contributed by atoms with Gasteiger partial charge in [-0.05, 0) is 24.3 Å². The zero-order valence-corrected chi connectivity index (χ0v) is 14.9. The van der Waals surface area contributed by atoms with Crippen molar-refractivity contribution >= 4 is 29.2 Å². The van der Waals surface area contributed by atoms with Gasteiger partial charge >= 0.3 is 5.97 Å². The van der Waals surface area contributed by atoms with Crippen LogP contribution in [0.4, 0.5) is 11.4 Å². The van der Waals surface area contributed by atoms with E-state index in [9.17, 15) is 14.4 Å². The number of amides is 2. The number of hydrogen-bond donors (Lipinski definition) is 1. The summed E-state index contributed by atoms with van der Waals surface area (Å²) in [4.78, 5) is 37.9. The molecule has 1 unspecified atom stereocenters. The largest absolute Gasteiger partial charge is 0.497 e. The molecule has 1 heterocycles. The van der Waals surface area contributed by atoms with E-state index in [4.69, 9.17) is 9.47 Å². The van der Waals surface area contributed by atoms with Gasteiger partial charge < -0.3 is 19.7 Å². The van der Waals surface area contributed by atoms with E-state index in [0.29, 0.717) is 11.4 Å². The molecule has 0 aromatic heterocycles. The third-order valence-electron chi connectivity index (χ3n) is 4.23. The molecule has 1 aliphatic rings. The fourth-order valence-electron chi connectivity index (χ4n) is 2.88. The molecule has 27 heavy (non-hydrogen) atoms. The molecule has 140 valence electrons. The molecule has 0 saturated carbocycles. The van der Waals surface area contributed by atoms with Crippen molar-refractivity contribution in [1.82, 2.24) is 0 Å². The third-order valence-corrected chi connectivity index (χ3v) is 4.23. The van der Waals surface area contributed by atoms with Gasteiger partial charge in [-0.25, -0.2) is 0 Å². The molecule has 1 atom stereocenters. The minimum absolute atomic E-state index is 0.0746. The highest BCUT2D eigenvalue weighted by Crippen LogP contribution is 2.25. The van der Waals surface area contributed by atoms with Crippen LogP contribution in [0.25, 0.3) is 0 Å². The molecule has 3 rings (SSSR count). The zero-order valence-electron chi connectivity index (χ0n) is 14.9. The van der Waals surface area contributed by atoms with Crippen LogP contribution in [0.1, 0.15) is 6.42 Å². The van der Waals surface area contributed by atoms with Gasteiger partial charge in [-0.1, -0.05) is 24.3 Å². The summed E-state index contributed by atoms with van der Waals surface area (Å²) in [5.74, 6) is -1.12. The van der Waals surface area contributed by atoms with Gasteiger partial charge in [0.15, 0.2) is 6.61 Å². The van der Waals surface area contributed by atoms with E-state index in [1.165, 1.54) is 7.11 Å². The van der Waals surface area contributed by atoms with Crippen LogP contribution in [0.2, 0.25) is 0 Å². The number of anilines is 2. The van der Waals surface area contributed by atoms with E-state index in [0.717, 1.165) is 5.69 Å². The Labute approximate surface area is 156 Å². The molecule has 7 nitrogen and oxygen atoms in total. The second-order valence-electron chi connectivity index (χ2n) is 6.13. The SMILES string of the molecule is COc1cccc(NC(=O)COC(=O)C2CC(=O)N(c3ccccc3)C2)c1. The van der Waals surface area contributed by atoms with Crippen molar-refractivity contribution in [2.45, 2.75) is 6.42 Å². The number of ether oxygens (including phenoxy) is 2. The lowest BCUT2D eigenvalue weighted by Crippen LogP contribution is -2.28. The predicted octanol–water partition coefficient (Wildman–Crippen LogP) is 2.23. The molecule has 1 fully saturated rings. The fourth-order valence-corrected chi connectivity index (χ4v) is 2.88. The van der Waals surface area contributed by atoms with E-state index >= 15 is 0 Å². The Balaban J connectivity index is 1.50. The van der Waals surface area contributed by atoms with Gasteiger partial charge in [0, 0.05) is 30.4 Å². The van der Waals surface area contributed by atoms with Gasteiger partial charge in [-0.2, -0.15) is 0 Å². The molecule has 2 amide bonds. The summed E-state index contributed by atoms with van der Waals surface area (Å²) in [6.45, 7) is -0.161. The van der Waals surface area contributed by atoms with E-state index in [1.54, 1.807) is 29.2 Å². The van der Waals surface area contributed by atoms with E-state index < -0.39 is 24.4 Å². The second kappa shape index (κ2) is 8.35. The Bertz CT molecular complexity index is 837. The van der Waals surface area contributed by atoms with Gasteiger partial charge in [-0.3, -0.25) is 14.4 Å². The standard InChI is InChI=1S/C20H20N2O5/c1-26-17-9-5-6-15(11-17)21-18(23)13-27-20(25)14-10-19(24)22(12-14)16-7-3-2-4-8-16/h2-9,11,14H,10,12-13H2,1H3,(H,21,23). The van der Waals surface area contributed by atoms with E-state index in [1.807, 2.05) is 30.3 Å². The summed E-state index contributed by atoms with van der Waals surface area (Å²) in [6.07, 6.45) is 0.0746. The van der Waals surface area contributed by atoms with Gasteiger partial charge in [0.25, 0.3) is 5.91 Å². The molecule has 1 aliphatic heterocycles. The van der Waals surface area contributed by atoms with Crippen molar-refractivity contribution in [2.24, 2.45) is 5.92 Å². The van der Waals surface area contributed by atoms with Crippen LogP contribution in [-0.2, 0) is 19.1 Å². The summed E-state index contributed by atoms with van der Waals surface area (Å²) in [5, 5.41) is 2.63. The van der Waals surface area contributed by atoms with Crippen LogP contribution in [0, 0.1) is 5.92 Å². The van der Waals surface area contributed by atoms with Crippen molar-refractivity contribution in [3.63, 3.8) is 0 Å². The molecule has 0 bridgehead atoms. The predicted molar refractivity (Wildman–Crippen MR) is 99.5 cm³/mol. The van der Waals surface area contributed by atoms with Crippen molar-refractivity contribution < 1.29 is 23.9 Å². The van der Waals surface area contributed by atoms with Crippen molar-refractivity contribution in [3.05, 3.63) is 54.6 Å². The Hall–Kier alpha value is -3.35.